The number of piperazine rings is 1. The van der Waals surface area contributed by atoms with Crippen molar-refractivity contribution in [2.75, 3.05) is 66.7 Å². The van der Waals surface area contributed by atoms with Gasteiger partial charge in [-0.2, -0.15) is 0 Å². The van der Waals surface area contributed by atoms with Crippen LogP contribution >= 0.6 is 0 Å². The van der Waals surface area contributed by atoms with Gasteiger partial charge in [-0.05, 0) is 43.5 Å². The SMILES string of the molecule is CCC.CNC(=O)CCC(C=O)N1C(=O)C2(CC2)c2c(N3CCN(C4CN(c5ccc(N)nc5)C4)CC3)cccc21. The minimum atomic E-state index is -0.636. The Morgan fingerprint density at radius 3 is 2.37 bits per heavy atom. The predicted octanol–water partition coefficient (Wildman–Crippen LogP) is 2.56. The van der Waals surface area contributed by atoms with E-state index in [2.05, 4.69) is 44.9 Å². The van der Waals surface area contributed by atoms with E-state index in [9.17, 15) is 14.4 Å². The van der Waals surface area contributed by atoms with Crippen molar-refractivity contribution < 1.29 is 14.4 Å². The van der Waals surface area contributed by atoms with Crippen molar-refractivity contribution in [3.8, 4) is 0 Å². The van der Waals surface area contributed by atoms with Crippen molar-refractivity contribution in [2.24, 2.45) is 0 Å². The zero-order chi connectivity index (χ0) is 29.1. The number of hydrogen-bond acceptors (Lipinski definition) is 8. The standard InChI is InChI=1S/C28H35N7O3.C3H8/c1-30-25(37)8-6-20(18-36)35-23-4-2-3-22(26(23)28(9-10-28)27(35)38)33-13-11-32(12-14-33)21-16-34(17-21)19-5-7-24(29)31-15-19;1-3-2/h2-5,7,15,18,20-21H,6,8-14,16-17H2,1H3,(H2,29,31)(H,30,37);3H2,1-2H3. The molecule has 0 radical (unpaired) electrons. The van der Waals surface area contributed by atoms with Gasteiger partial charge in [-0.15, -0.1) is 0 Å². The number of hydrogen-bond donors (Lipinski definition) is 2. The van der Waals surface area contributed by atoms with E-state index in [1.54, 1.807) is 11.9 Å². The fourth-order valence-corrected chi connectivity index (χ4v) is 6.32. The van der Waals surface area contributed by atoms with Gasteiger partial charge in [-0.25, -0.2) is 4.98 Å². The van der Waals surface area contributed by atoms with Crippen molar-refractivity contribution in [3.05, 3.63) is 42.1 Å². The molecule has 3 aliphatic heterocycles. The van der Waals surface area contributed by atoms with Gasteiger partial charge in [-0.1, -0.05) is 26.3 Å². The van der Waals surface area contributed by atoms with Crippen LogP contribution in [0.1, 0.15) is 51.5 Å². The average molecular weight is 562 g/mol. The van der Waals surface area contributed by atoms with Crippen molar-refractivity contribution in [2.45, 2.75) is 63.5 Å². The lowest BCUT2D eigenvalue weighted by Gasteiger charge is -2.49. The summed E-state index contributed by atoms with van der Waals surface area (Å²) >= 11 is 0. The predicted molar refractivity (Wildman–Crippen MR) is 162 cm³/mol. The summed E-state index contributed by atoms with van der Waals surface area (Å²) in [7, 11) is 1.58. The van der Waals surface area contributed by atoms with Crippen LogP contribution in [0, 0.1) is 0 Å². The van der Waals surface area contributed by atoms with Gasteiger partial charge in [-0.3, -0.25) is 14.5 Å². The molecule has 220 valence electrons. The molecule has 1 aromatic heterocycles. The number of aldehydes is 1. The number of nitrogens with two attached hydrogens (primary N) is 1. The van der Waals surface area contributed by atoms with Crippen LogP contribution in [-0.4, -0.2) is 86.4 Å². The fraction of sp³-hybridized carbons (Fsp3) is 0.548. The molecule has 2 amide bonds. The van der Waals surface area contributed by atoms with Gasteiger partial charge >= 0.3 is 0 Å². The highest BCUT2D eigenvalue weighted by atomic mass is 16.2. The van der Waals surface area contributed by atoms with Crippen LogP contribution in [0.3, 0.4) is 0 Å². The van der Waals surface area contributed by atoms with Gasteiger partial charge in [0, 0.05) is 70.0 Å². The summed E-state index contributed by atoms with van der Waals surface area (Å²) in [4.78, 5) is 50.8. The Balaban J connectivity index is 0.00000108. The summed E-state index contributed by atoms with van der Waals surface area (Å²) in [6.45, 7) is 9.96. The summed E-state index contributed by atoms with van der Waals surface area (Å²) in [5.74, 6) is 0.424. The van der Waals surface area contributed by atoms with Crippen LogP contribution in [0.25, 0.3) is 0 Å². The molecule has 1 unspecified atom stereocenters. The number of rotatable bonds is 8. The van der Waals surface area contributed by atoms with Gasteiger partial charge < -0.3 is 30.5 Å². The molecule has 1 aromatic carbocycles. The largest absolute Gasteiger partial charge is 0.384 e. The molecule has 1 atom stereocenters. The quantitative estimate of drug-likeness (QED) is 0.473. The number of nitrogens with zero attached hydrogens (tertiary/aromatic N) is 5. The molecule has 41 heavy (non-hydrogen) atoms. The Hall–Kier alpha value is -3.66. The first-order valence-corrected chi connectivity index (χ1v) is 14.9. The molecule has 3 fully saturated rings. The van der Waals surface area contributed by atoms with Gasteiger partial charge in [0.2, 0.25) is 11.8 Å². The molecular formula is C31H43N7O3. The Bertz CT molecular complexity index is 1250. The highest BCUT2D eigenvalue weighted by molar-refractivity contribution is 6.13. The first-order chi connectivity index (χ1) is 19.9. The minimum Gasteiger partial charge on any atom is -0.384 e. The maximum absolute atomic E-state index is 13.7. The topological polar surface area (TPSA) is 115 Å². The van der Waals surface area contributed by atoms with E-state index < -0.39 is 11.5 Å². The van der Waals surface area contributed by atoms with Gasteiger partial charge in [0.1, 0.15) is 12.1 Å². The number of amides is 2. The molecule has 2 aromatic rings. The number of anilines is 4. The van der Waals surface area contributed by atoms with E-state index in [0.717, 1.165) is 81.0 Å². The molecule has 1 aliphatic carbocycles. The third-order valence-electron chi connectivity index (χ3n) is 8.74. The molecule has 1 saturated carbocycles. The fourth-order valence-electron chi connectivity index (χ4n) is 6.32. The summed E-state index contributed by atoms with van der Waals surface area (Å²) in [5, 5.41) is 2.60. The van der Waals surface area contributed by atoms with Crippen LogP contribution in [-0.2, 0) is 19.8 Å². The van der Waals surface area contributed by atoms with E-state index in [1.807, 2.05) is 30.5 Å². The molecule has 0 bridgehead atoms. The zero-order valence-electron chi connectivity index (χ0n) is 24.5. The second kappa shape index (κ2) is 12.1. The van der Waals surface area contributed by atoms with Crippen molar-refractivity contribution in [1.29, 1.82) is 0 Å². The maximum atomic E-state index is 13.7. The molecule has 4 aliphatic rings. The smallest absolute Gasteiger partial charge is 0.238 e. The van der Waals surface area contributed by atoms with Gasteiger partial charge in [0.25, 0.3) is 0 Å². The van der Waals surface area contributed by atoms with Gasteiger partial charge in [0.15, 0.2) is 0 Å². The first kappa shape index (κ1) is 28.9. The Kier molecular flexibility index (Phi) is 8.49. The molecule has 6 rings (SSSR count). The third kappa shape index (κ3) is 5.49. The van der Waals surface area contributed by atoms with Crippen LogP contribution in [0.4, 0.5) is 22.9 Å². The zero-order valence-corrected chi connectivity index (χ0v) is 24.5. The average Bonchev–Trinajstić information content (AvgIpc) is 3.73. The number of fused-ring (bicyclic) bond motifs is 2. The number of aromatic nitrogens is 1. The molecule has 4 heterocycles. The van der Waals surface area contributed by atoms with Crippen LogP contribution < -0.4 is 25.8 Å². The summed E-state index contributed by atoms with van der Waals surface area (Å²) in [6.07, 6.45) is 6.06. The molecule has 10 heteroatoms. The summed E-state index contributed by atoms with van der Waals surface area (Å²) in [6, 6.07) is 9.85. The van der Waals surface area contributed by atoms with E-state index in [0.29, 0.717) is 18.3 Å². The molecule has 1 spiro atoms. The second-order valence-corrected chi connectivity index (χ2v) is 11.6. The highest BCUT2D eigenvalue weighted by Gasteiger charge is 2.61. The monoisotopic (exact) mass is 561 g/mol. The lowest BCUT2D eigenvalue weighted by Crippen LogP contribution is -2.63. The Labute approximate surface area is 242 Å². The Morgan fingerprint density at radius 1 is 1.10 bits per heavy atom. The van der Waals surface area contributed by atoms with Crippen molar-refractivity contribution in [3.63, 3.8) is 0 Å². The maximum Gasteiger partial charge on any atom is 0.238 e. The summed E-state index contributed by atoms with van der Waals surface area (Å²) in [5.41, 5.74) is 9.36. The molecule has 2 saturated heterocycles. The van der Waals surface area contributed by atoms with E-state index in [4.69, 9.17) is 5.73 Å². The minimum absolute atomic E-state index is 0.0133. The van der Waals surface area contributed by atoms with E-state index in [-0.39, 0.29) is 18.2 Å². The molecule has 10 nitrogen and oxygen atoms in total. The number of pyridine rings is 1. The van der Waals surface area contributed by atoms with Crippen LogP contribution in [0.15, 0.2) is 36.5 Å². The molecular weight excluding hydrogens is 518 g/mol. The lowest BCUT2D eigenvalue weighted by atomic mass is 9.94. The Morgan fingerprint density at radius 2 is 1.78 bits per heavy atom. The normalized spacial score (nSPS) is 20.2. The molecule has 3 N–H and O–H groups in total. The van der Waals surface area contributed by atoms with E-state index >= 15 is 0 Å². The number of carbonyl (C=O) groups excluding carboxylic acids is 3. The van der Waals surface area contributed by atoms with Crippen molar-refractivity contribution >= 4 is 41.0 Å². The first-order valence-electron chi connectivity index (χ1n) is 14.9. The van der Waals surface area contributed by atoms with Crippen LogP contribution in [0.5, 0.6) is 0 Å². The third-order valence-corrected chi connectivity index (χ3v) is 8.74. The number of benzene rings is 1. The van der Waals surface area contributed by atoms with Crippen LogP contribution in [0.2, 0.25) is 0 Å². The second-order valence-electron chi connectivity index (χ2n) is 11.6. The summed E-state index contributed by atoms with van der Waals surface area (Å²) < 4.78 is 0. The lowest BCUT2D eigenvalue weighted by molar-refractivity contribution is -0.123. The number of nitrogens with one attached hydrogen (secondary N) is 1. The van der Waals surface area contributed by atoms with Crippen molar-refractivity contribution in [1.82, 2.24) is 15.2 Å². The highest BCUT2D eigenvalue weighted by Crippen LogP contribution is 2.60. The van der Waals surface area contributed by atoms with E-state index in [1.165, 1.54) is 6.42 Å². The van der Waals surface area contributed by atoms with Gasteiger partial charge in [0.05, 0.1) is 29.0 Å². The number of nitrogen functional groups attached to an aromatic ring is 1. The number of carbonyl (C=O) groups is 3.